The van der Waals surface area contributed by atoms with Crippen LogP contribution in [-0.2, 0) is 4.74 Å². The van der Waals surface area contributed by atoms with Crippen molar-refractivity contribution in [1.82, 2.24) is 19.9 Å². The Morgan fingerprint density at radius 3 is 2.24 bits per heavy atom. The molecule has 0 spiro atoms. The molecule has 8 heteroatoms. The van der Waals surface area contributed by atoms with E-state index in [9.17, 15) is 4.79 Å². The predicted molar refractivity (Wildman–Crippen MR) is 95.0 cm³/mol. The van der Waals surface area contributed by atoms with E-state index in [0.29, 0.717) is 36.6 Å². The van der Waals surface area contributed by atoms with Crippen molar-refractivity contribution in [3.05, 3.63) is 28.6 Å². The van der Waals surface area contributed by atoms with Gasteiger partial charge in [-0.15, -0.1) is 0 Å². The average Bonchev–Trinajstić information content (AvgIpc) is 2.69. The Hall–Kier alpha value is -2.48. The van der Waals surface area contributed by atoms with E-state index in [1.807, 2.05) is 6.07 Å². The Kier molecular flexibility index (Phi) is 4.60. The van der Waals surface area contributed by atoms with Gasteiger partial charge in [0, 0.05) is 32.2 Å². The second-order valence-corrected chi connectivity index (χ2v) is 6.33. The molecule has 2 aromatic heterocycles. The van der Waals surface area contributed by atoms with Crippen molar-refractivity contribution < 1.29 is 4.74 Å². The molecule has 0 aromatic carbocycles. The minimum absolute atomic E-state index is 0.162. The van der Waals surface area contributed by atoms with E-state index in [1.54, 1.807) is 6.07 Å². The van der Waals surface area contributed by atoms with Crippen molar-refractivity contribution >= 4 is 11.9 Å². The molecular weight excluding hydrogens is 320 g/mol. The van der Waals surface area contributed by atoms with Gasteiger partial charge in [0.15, 0.2) is 5.82 Å². The molecule has 0 amide bonds. The molecule has 4 heterocycles. The molecule has 2 fully saturated rings. The van der Waals surface area contributed by atoms with Crippen LogP contribution >= 0.6 is 0 Å². The van der Waals surface area contributed by atoms with Gasteiger partial charge in [-0.1, -0.05) is 6.07 Å². The number of nitrogens with zero attached hydrogens (tertiary/aromatic N) is 5. The van der Waals surface area contributed by atoms with Crippen LogP contribution in [0.5, 0.6) is 0 Å². The number of pyridine rings is 1. The minimum atomic E-state index is -0.162. The van der Waals surface area contributed by atoms with Gasteiger partial charge < -0.3 is 19.5 Å². The number of morpholine rings is 1. The lowest BCUT2D eigenvalue weighted by atomic mass is 10.1. The van der Waals surface area contributed by atoms with Crippen molar-refractivity contribution in [2.24, 2.45) is 0 Å². The SMILES string of the molecule is O=c1cccc(-c2nc(N3CCCCC3)nc(N3CCOCC3)n2)[nH]1. The number of aromatic nitrogens is 4. The molecule has 0 bridgehead atoms. The lowest BCUT2D eigenvalue weighted by molar-refractivity contribution is 0.122. The zero-order valence-corrected chi connectivity index (χ0v) is 14.1. The molecule has 0 unspecified atom stereocenters. The van der Waals surface area contributed by atoms with Crippen LogP contribution in [0.4, 0.5) is 11.9 Å². The van der Waals surface area contributed by atoms with Crippen molar-refractivity contribution in [1.29, 1.82) is 0 Å². The van der Waals surface area contributed by atoms with E-state index in [0.717, 1.165) is 39.0 Å². The van der Waals surface area contributed by atoms with Crippen LogP contribution in [0.15, 0.2) is 23.0 Å². The van der Waals surface area contributed by atoms with Crippen LogP contribution in [0.1, 0.15) is 19.3 Å². The Morgan fingerprint density at radius 1 is 0.880 bits per heavy atom. The smallest absolute Gasteiger partial charge is 0.248 e. The lowest BCUT2D eigenvalue weighted by Gasteiger charge is -2.30. The highest BCUT2D eigenvalue weighted by atomic mass is 16.5. The quantitative estimate of drug-likeness (QED) is 0.892. The van der Waals surface area contributed by atoms with Crippen LogP contribution in [0, 0.1) is 0 Å². The van der Waals surface area contributed by atoms with E-state index in [4.69, 9.17) is 9.72 Å². The van der Waals surface area contributed by atoms with Gasteiger partial charge in [0.05, 0.1) is 18.9 Å². The molecule has 132 valence electrons. The summed E-state index contributed by atoms with van der Waals surface area (Å²) in [5.74, 6) is 1.85. The lowest BCUT2D eigenvalue weighted by Crippen LogP contribution is -2.38. The minimum Gasteiger partial charge on any atom is -0.378 e. The summed E-state index contributed by atoms with van der Waals surface area (Å²) < 4.78 is 5.43. The van der Waals surface area contributed by atoms with Gasteiger partial charge in [-0.25, -0.2) is 0 Å². The van der Waals surface area contributed by atoms with Crippen molar-refractivity contribution in [2.45, 2.75) is 19.3 Å². The van der Waals surface area contributed by atoms with Crippen LogP contribution in [0.25, 0.3) is 11.5 Å². The van der Waals surface area contributed by atoms with E-state index in [2.05, 4.69) is 24.8 Å². The highest BCUT2D eigenvalue weighted by Gasteiger charge is 2.21. The third-order valence-corrected chi connectivity index (χ3v) is 4.55. The first kappa shape index (κ1) is 16.0. The highest BCUT2D eigenvalue weighted by Crippen LogP contribution is 2.22. The molecule has 0 atom stereocenters. The number of hydrogen-bond donors (Lipinski definition) is 1. The maximum Gasteiger partial charge on any atom is 0.248 e. The fraction of sp³-hybridized carbons (Fsp3) is 0.529. The number of ether oxygens (including phenoxy) is 1. The molecule has 1 N–H and O–H groups in total. The molecule has 2 aliphatic rings. The zero-order valence-electron chi connectivity index (χ0n) is 14.1. The average molecular weight is 342 g/mol. The van der Waals surface area contributed by atoms with Crippen LogP contribution < -0.4 is 15.4 Å². The third kappa shape index (κ3) is 3.63. The van der Waals surface area contributed by atoms with Crippen molar-refractivity contribution in [3.8, 4) is 11.5 Å². The molecule has 2 aromatic rings. The molecule has 0 aliphatic carbocycles. The number of piperidine rings is 1. The van der Waals surface area contributed by atoms with Gasteiger partial charge >= 0.3 is 0 Å². The Bertz CT molecular complexity index is 744. The normalized spacial score (nSPS) is 18.4. The summed E-state index contributed by atoms with van der Waals surface area (Å²) in [6.07, 6.45) is 3.54. The van der Waals surface area contributed by atoms with Gasteiger partial charge in [0.25, 0.3) is 0 Å². The molecule has 2 aliphatic heterocycles. The standard InChI is InChI=1S/C17H22N6O2/c24-14-6-4-5-13(18-14)15-19-16(22-7-2-1-3-8-22)21-17(20-15)23-9-11-25-12-10-23/h4-6H,1-3,7-12H2,(H,18,24). The van der Waals surface area contributed by atoms with E-state index in [-0.39, 0.29) is 5.56 Å². The molecule has 2 saturated heterocycles. The van der Waals surface area contributed by atoms with E-state index >= 15 is 0 Å². The topological polar surface area (TPSA) is 87.2 Å². The molecule has 25 heavy (non-hydrogen) atoms. The van der Waals surface area contributed by atoms with E-state index in [1.165, 1.54) is 12.5 Å². The van der Waals surface area contributed by atoms with Gasteiger partial charge in [0.1, 0.15) is 0 Å². The Morgan fingerprint density at radius 2 is 1.56 bits per heavy atom. The van der Waals surface area contributed by atoms with Gasteiger partial charge in [-0.2, -0.15) is 15.0 Å². The summed E-state index contributed by atoms with van der Waals surface area (Å²) in [4.78, 5) is 32.8. The Labute approximate surface area is 145 Å². The number of anilines is 2. The first-order valence-electron chi connectivity index (χ1n) is 8.83. The fourth-order valence-corrected chi connectivity index (χ4v) is 3.19. The predicted octanol–water partition coefficient (Wildman–Crippen LogP) is 1.05. The molecular formula is C17H22N6O2. The van der Waals surface area contributed by atoms with Crippen LogP contribution in [0.3, 0.4) is 0 Å². The van der Waals surface area contributed by atoms with Crippen molar-refractivity contribution in [2.75, 3.05) is 49.2 Å². The second-order valence-electron chi connectivity index (χ2n) is 6.33. The monoisotopic (exact) mass is 342 g/mol. The largest absolute Gasteiger partial charge is 0.378 e. The summed E-state index contributed by atoms with van der Waals surface area (Å²) >= 11 is 0. The molecule has 0 radical (unpaired) electrons. The first-order chi connectivity index (χ1) is 12.3. The maximum atomic E-state index is 11.7. The number of nitrogens with one attached hydrogen (secondary N) is 1. The molecule has 4 rings (SSSR count). The second kappa shape index (κ2) is 7.18. The number of aromatic amines is 1. The van der Waals surface area contributed by atoms with Crippen molar-refractivity contribution in [3.63, 3.8) is 0 Å². The summed E-state index contributed by atoms with van der Waals surface area (Å²) in [6, 6.07) is 5.02. The fourth-order valence-electron chi connectivity index (χ4n) is 3.19. The third-order valence-electron chi connectivity index (χ3n) is 4.55. The number of rotatable bonds is 3. The first-order valence-corrected chi connectivity index (χ1v) is 8.83. The summed E-state index contributed by atoms with van der Waals surface area (Å²) in [5.41, 5.74) is 0.452. The molecule has 0 saturated carbocycles. The van der Waals surface area contributed by atoms with Gasteiger partial charge in [0.2, 0.25) is 17.5 Å². The van der Waals surface area contributed by atoms with Gasteiger partial charge in [-0.3, -0.25) is 4.79 Å². The number of H-pyrrole nitrogens is 1. The van der Waals surface area contributed by atoms with Crippen LogP contribution in [0.2, 0.25) is 0 Å². The Balaban J connectivity index is 1.75. The highest BCUT2D eigenvalue weighted by molar-refractivity contribution is 5.54. The van der Waals surface area contributed by atoms with E-state index < -0.39 is 0 Å². The molecule has 8 nitrogen and oxygen atoms in total. The summed E-state index contributed by atoms with van der Waals surface area (Å²) in [5, 5.41) is 0. The zero-order chi connectivity index (χ0) is 17.1. The summed E-state index contributed by atoms with van der Waals surface area (Å²) in [7, 11) is 0. The van der Waals surface area contributed by atoms with Gasteiger partial charge in [-0.05, 0) is 25.3 Å². The van der Waals surface area contributed by atoms with Crippen LogP contribution in [-0.4, -0.2) is 59.3 Å². The summed E-state index contributed by atoms with van der Waals surface area (Å²) in [6.45, 7) is 4.77. The number of hydrogen-bond acceptors (Lipinski definition) is 7. The maximum absolute atomic E-state index is 11.7.